The molecule has 0 heterocycles. The topological polar surface area (TPSA) is 26.3 Å². The van der Waals surface area contributed by atoms with Crippen LogP contribution < -0.4 is 0 Å². The summed E-state index contributed by atoms with van der Waals surface area (Å²) < 4.78 is 4.57. The number of carbonyl (C=O) groups is 1. The molecular weight excluding hydrogens is 291 g/mol. The fourth-order valence-electron chi connectivity index (χ4n) is 0.947. The van der Waals surface area contributed by atoms with Crippen molar-refractivity contribution < 1.29 is 9.53 Å². The highest BCUT2D eigenvalue weighted by molar-refractivity contribution is 9.09. The number of methoxy groups -OCH3 is 1. The summed E-state index contributed by atoms with van der Waals surface area (Å²) in [6.45, 7) is 0. The Morgan fingerprint density at radius 3 is 2.71 bits per heavy atom. The summed E-state index contributed by atoms with van der Waals surface area (Å²) in [5.41, 5.74) is 0.603. The van der Waals surface area contributed by atoms with Crippen LogP contribution in [0.15, 0.2) is 18.2 Å². The third kappa shape index (κ3) is 2.41. The lowest BCUT2D eigenvalue weighted by Gasteiger charge is -2.10. The molecule has 0 saturated carbocycles. The van der Waals surface area contributed by atoms with E-state index in [1.807, 2.05) is 0 Å². The van der Waals surface area contributed by atoms with E-state index in [-0.39, 0.29) is 0 Å². The molecule has 2 nitrogen and oxygen atoms in total. The quantitative estimate of drug-likeness (QED) is 0.616. The molecule has 0 aliphatic rings. The Hall–Kier alpha value is -0.250. The molecule has 0 saturated heterocycles. The number of benzene rings is 1. The van der Waals surface area contributed by atoms with Crippen LogP contribution >= 0.6 is 39.1 Å². The van der Waals surface area contributed by atoms with Gasteiger partial charge in [-0.2, -0.15) is 0 Å². The number of esters is 1. The van der Waals surface area contributed by atoms with Gasteiger partial charge in [0.15, 0.2) is 0 Å². The maximum atomic E-state index is 11.2. The average Bonchev–Trinajstić information content (AvgIpc) is 2.20. The molecule has 0 aromatic heterocycles. The Morgan fingerprint density at radius 1 is 1.50 bits per heavy atom. The van der Waals surface area contributed by atoms with E-state index in [1.165, 1.54) is 7.11 Å². The van der Waals surface area contributed by atoms with Crippen molar-refractivity contribution in [1.82, 2.24) is 0 Å². The fraction of sp³-hybridized carbons (Fsp3) is 0.222. The summed E-state index contributed by atoms with van der Waals surface area (Å²) in [5, 5.41) is 0.777. The maximum absolute atomic E-state index is 11.2. The highest BCUT2D eigenvalue weighted by Crippen LogP contribution is 2.34. The first-order chi connectivity index (χ1) is 6.57. The number of carbonyl (C=O) groups excluding carboxylic acids is 1. The zero-order chi connectivity index (χ0) is 10.7. The Balaban J connectivity index is 3.07. The van der Waals surface area contributed by atoms with E-state index >= 15 is 0 Å². The van der Waals surface area contributed by atoms with Crippen molar-refractivity contribution in [3.63, 3.8) is 0 Å². The summed E-state index contributed by atoms with van der Waals surface area (Å²) in [4.78, 5) is 10.6. The number of ether oxygens (including phenoxy) is 1. The Bertz CT molecular complexity index is 355. The van der Waals surface area contributed by atoms with E-state index in [1.54, 1.807) is 18.2 Å². The van der Waals surface area contributed by atoms with Crippen LogP contribution in [0.2, 0.25) is 10.0 Å². The molecule has 76 valence electrons. The molecule has 14 heavy (non-hydrogen) atoms. The normalized spacial score (nSPS) is 12.3. The second kappa shape index (κ2) is 5.01. The van der Waals surface area contributed by atoms with Crippen LogP contribution in [0.25, 0.3) is 0 Å². The summed E-state index contributed by atoms with van der Waals surface area (Å²) in [5.74, 6) is -0.408. The van der Waals surface area contributed by atoms with E-state index in [9.17, 15) is 4.79 Å². The molecule has 5 heteroatoms. The van der Waals surface area contributed by atoms with Crippen molar-refractivity contribution in [3.05, 3.63) is 33.8 Å². The van der Waals surface area contributed by atoms with Gasteiger partial charge >= 0.3 is 5.97 Å². The van der Waals surface area contributed by atoms with Crippen molar-refractivity contribution in [2.45, 2.75) is 4.83 Å². The molecule has 1 rings (SSSR count). The van der Waals surface area contributed by atoms with Gasteiger partial charge in [0.25, 0.3) is 0 Å². The number of halogens is 3. The average molecular weight is 298 g/mol. The largest absolute Gasteiger partial charge is 0.468 e. The second-order valence-corrected chi connectivity index (χ2v) is 4.23. The number of alkyl halides is 1. The van der Waals surface area contributed by atoms with Crippen LogP contribution in [-0.2, 0) is 9.53 Å². The zero-order valence-electron chi connectivity index (χ0n) is 7.26. The van der Waals surface area contributed by atoms with Crippen molar-refractivity contribution in [3.8, 4) is 0 Å². The van der Waals surface area contributed by atoms with Crippen molar-refractivity contribution in [2.24, 2.45) is 0 Å². The Kier molecular flexibility index (Phi) is 4.23. The molecule has 1 unspecified atom stereocenters. The van der Waals surface area contributed by atoms with Gasteiger partial charge in [-0.05, 0) is 11.6 Å². The molecule has 0 radical (unpaired) electrons. The van der Waals surface area contributed by atoms with Crippen LogP contribution in [0.4, 0.5) is 0 Å². The van der Waals surface area contributed by atoms with E-state index in [4.69, 9.17) is 23.2 Å². The molecule has 0 aliphatic heterocycles. The van der Waals surface area contributed by atoms with Crippen LogP contribution in [-0.4, -0.2) is 13.1 Å². The monoisotopic (exact) mass is 296 g/mol. The van der Waals surface area contributed by atoms with Gasteiger partial charge in [0.1, 0.15) is 4.83 Å². The molecule has 1 aromatic carbocycles. The summed E-state index contributed by atoms with van der Waals surface area (Å²) in [6.07, 6.45) is 0. The molecule has 0 bridgehead atoms. The zero-order valence-corrected chi connectivity index (χ0v) is 10.4. The summed E-state index contributed by atoms with van der Waals surface area (Å²) in [6, 6.07) is 5.09. The molecule has 0 aliphatic carbocycles. The van der Waals surface area contributed by atoms with Crippen molar-refractivity contribution >= 4 is 45.1 Å². The first-order valence-corrected chi connectivity index (χ1v) is 5.41. The smallest absolute Gasteiger partial charge is 0.324 e. The number of rotatable bonds is 2. The van der Waals surface area contributed by atoms with Gasteiger partial charge in [-0.3, -0.25) is 4.79 Å². The predicted octanol–water partition coefficient (Wildman–Crippen LogP) is 3.60. The molecular formula is C9H7BrCl2O2. The fourth-order valence-corrected chi connectivity index (χ4v) is 2.06. The van der Waals surface area contributed by atoms with Crippen LogP contribution in [0.1, 0.15) is 10.4 Å². The lowest BCUT2D eigenvalue weighted by Crippen LogP contribution is -2.08. The SMILES string of the molecule is COC(=O)C(Br)c1cccc(Cl)c1Cl. The van der Waals surface area contributed by atoms with Crippen molar-refractivity contribution in [2.75, 3.05) is 7.11 Å². The molecule has 0 amide bonds. The van der Waals surface area contributed by atoms with Gasteiger partial charge < -0.3 is 4.74 Å². The minimum atomic E-state index is -0.585. The molecule has 1 aromatic rings. The van der Waals surface area contributed by atoms with E-state index in [0.29, 0.717) is 15.6 Å². The lowest BCUT2D eigenvalue weighted by atomic mass is 10.1. The predicted molar refractivity (Wildman–Crippen MR) is 60.1 cm³/mol. The standard InChI is InChI=1S/C9H7BrCl2O2/c1-14-9(13)7(10)5-3-2-4-6(11)8(5)12/h2-4,7H,1H3. The third-order valence-corrected chi connectivity index (χ3v) is 3.36. The van der Waals surface area contributed by atoms with E-state index < -0.39 is 10.8 Å². The molecule has 0 fully saturated rings. The minimum absolute atomic E-state index is 0.362. The van der Waals surface area contributed by atoms with Gasteiger partial charge in [0, 0.05) is 0 Å². The first kappa shape index (κ1) is 11.8. The highest BCUT2D eigenvalue weighted by Gasteiger charge is 2.21. The van der Waals surface area contributed by atoms with Gasteiger partial charge in [-0.15, -0.1) is 0 Å². The minimum Gasteiger partial charge on any atom is -0.468 e. The van der Waals surface area contributed by atoms with Gasteiger partial charge in [0.05, 0.1) is 17.2 Å². The molecule has 0 N–H and O–H groups in total. The summed E-state index contributed by atoms with van der Waals surface area (Å²) >= 11 is 14.9. The van der Waals surface area contributed by atoms with Crippen LogP contribution in [0.5, 0.6) is 0 Å². The van der Waals surface area contributed by atoms with Crippen molar-refractivity contribution in [1.29, 1.82) is 0 Å². The lowest BCUT2D eigenvalue weighted by molar-refractivity contribution is -0.139. The summed E-state index contributed by atoms with van der Waals surface area (Å²) in [7, 11) is 1.31. The second-order valence-electron chi connectivity index (χ2n) is 2.53. The van der Waals surface area contributed by atoms with Gasteiger partial charge in [-0.1, -0.05) is 51.3 Å². The Labute approximate surface area is 100 Å². The van der Waals surface area contributed by atoms with Crippen LogP contribution in [0, 0.1) is 0 Å². The van der Waals surface area contributed by atoms with Crippen LogP contribution in [0.3, 0.4) is 0 Å². The first-order valence-electron chi connectivity index (χ1n) is 3.73. The Morgan fingerprint density at radius 2 is 2.14 bits per heavy atom. The van der Waals surface area contributed by atoms with E-state index in [0.717, 1.165) is 0 Å². The van der Waals surface area contributed by atoms with E-state index in [2.05, 4.69) is 20.7 Å². The van der Waals surface area contributed by atoms with Gasteiger partial charge in [0.2, 0.25) is 0 Å². The third-order valence-electron chi connectivity index (χ3n) is 1.66. The number of hydrogen-bond donors (Lipinski definition) is 0. The molecule has 1 atom stereocenters. The maximum Gasteiger partial charge on any atom is 0.324 e. The molecule has 0 spiro atoms. The number of hydrogen-bond acceptors (Lipinski definition) is 2. The van der Waals surface area contributed by atoms with Gasteiger partial charge in [-0.25, -0.2) is 0 Å². The highest BCUT2D eigenvalue weighted by atomic mass is 79.9.